The standard InChI is InChI=1S/C20H32N6.HI/c1-6-17(4)23-20(21-12-13-26-15-22-24-19(26)7-2)25(5)14-18-10-8-16(3)9-11-18;/h8-11,15,17H,6-7,12-14H2,1-5H3,(H,21,23);1H. The number of nitrogens with one attached hydrogen (secondary N) is 1. The predicted octanol–water partition coefficient (Wildman–Crippen LogP) is 3.64. The van der Waals surface area contributed by atoms with Crippen molar-refractivity contribution in [2.75, 3.05) is 13.6 Å². The molecule has 1 aromatic carbocycles. The molecule has 7 heteroatoms. The van der Waals surface area contributed by atoms with Crippen LogP contribution in [0.15, 0.2) is 35.6 Å². The first kappa shape index (κ1) is 23.4. The molecule has 1 N–H and O–H groups in total. The van der Waals surface area contributed by atoms with Crippen LogP contribution in [0.25, 0.3) is 0 Å². The Kier molecular flexibility index (Phi) is 10.4. The van der Waals surface area contributed by atoms with Crippen molar-refractivity contribution in [2.45, 2.75) is 59.7 Å². The number of hydrogen-bond acceptors (Lipinski definition) is 3. The Hall–Kier alpha value is -1.64. The Morgan fingerprint density at radius 2 is 1.96 bits per heavy atom. The molecule has 6 nitrogen and oxygen atoms in total. The summed E-state index contributed by atoms with van der Waals surface area (Å²) in [5.74, 6) is 1.94. The van der Waals surface area contributed by atoms with Crippen molar-refractivity contribution < 1.29 is 0 Å². The predicted molar refractivity (Wildman–Crippen MR) is 123 cm³/mol. The fraction of sp³-hybridized carbons (Fsp3) is 0.550. The minimum Gasteiger partial charge on any atom is -0.354 e. The van der Waals surface area contributed by atoms with Crippen LogP contribution in [-0.2, 0) is 19.5 Å². The summed E-state index contributed by atoms with van der Waals surface area (Å²) in [6.45, 7) is 10.9. The van der Waals surface area contributed by atoms with Crippen LogP contribution < -0.4 is 5.32 Å². The summed E-state index contributed by atoms with van der Waals surface area (Å²) < 4.78 is 2.07. The first-order valence-electron chi connectivity index (χ1n) is 9.47. The van der Waals surface area contributed by atoms with Gasteiger partial charge >= 0.3 is 0 Å². The summed E-state index contributed by atoms with van der Waals surface area (Å²) >= 11 is 0. The van der Waals surface area contributed by atoms with E-state index >= 15 is 0 Å². The molecule has 1 aromatic heterocycles. The Morgan fingerprint density at radius 3 is 2.59 bits per heavy atom. The molecule has 0 amide bonds. The molecule has 27 heavy (non-hydrogen) atoms. The zero-order valence-corrected chi connectivity index (χ0v) is 19.5. The quantitative estimate of drug-likeness (QED) is 0.353. The molecule has 0 aliphatic rings. The third-order valence-electron chi connectivity index (χ3n) is 4.50. The second-order valence-corrected chi connectivity index (χ2v) is 6.79. The van der Waals surface area contributed by atoms with Crippen molar-refractivity contribution in [3.8, 4) is 0 Å². The third-order valence-corrected chi connectivity index (χ3v) is 4.50. The van der Waals surface area contributed by atoms with Crippen LogP contribution in [0.3, 0.4) is 0 Å². The van der Waals surface area contributed by atoms with Gasteiger partial charge in [0, 0.05) is 32.6 Å². The number of rotatable bonds is 8. The summed E-state index contributed by atoms with van der Waals surface area (Å²) in [5.41, 5.74) is 2.56. The van der Waals surface area contributed by atoms with Crippen LogP contribution in [0.1, 0.15) is 44.1 Å². The highest BCUT2D eigenvalue weighted by Crippen LogP contribution is 2.07. The Bertz CT molecular complexity index is 695. The Balaban J connectivity index is 0.00000364. The molecule has 1 atom stereocenters. The SMILES string of the molecule is CCc1nncn1CCN=C(NC(C)CC)N(C)Cc1ccc(C)cc1.I. The van der Waals surface area contributed by atoms with Crippen LogP contribution in [0.4, 0.5) is 0 Å². The lowest BCUT2D eigenvalue weighted by Gasteiger charge is -2.25. The number of aryl methyl sites for hydroxylation is 2. The van der Waals surface area contributed by atoms with Gasteiger partial charge in [-0.15, -0.1) is 34.2 Å². The van der Waals surface area contributed by atoms with E-state index < -0.39 is 0 Å². The molecule has 0 bridgehead atoms. The van der Waals surface area contributed by atoms with Gasteiger partial charge in [0.05, 0.1) is 6.54 Å². The van der Waals surface area contributed by atoms with Gasteiger partial charge in [0.1, 0.15) is 12.2 Å². The zero-order chi connectivity index (χ0) is 18.9. The minimum absolute atomic E-state index is 0. The van der Waals surface area contributed by atoms with E-state index in [1.165, 1.54) is 11.1 Å². The van der Waals surface area contributed by atoms with E-state index in [4.69, 9.17) is 4.99 Å². The van der Waals surface area contributed by atoms with Gasteiger partial charge in [0.15, 0.2) is 5.96 Å². The summed E-state index contributed by atoms with van der Waals surface area (Å²) in [6.07, 6.45) is 3.73. The molecule has 0 aliphatic carbocycles. The van der Waals surface area contributed by atoms with Gasteiger partial charge in [-0.1, -0.05) is 43.7 Å². The van der Waals surface area contributed by atoms with Gasteiger partial charge in [0.2, 0.25) is 0 Å². The van der Waals surface area contributed by atoms with Crippen molar-refractivity contribution in [3.05, 3.63) is 47.5 Å². The number of nitrogens with zero attached hydrogens (tertiary/aromatic N) is 5. The Labute approximate surface area is 180 Å². The van der Waals surface area contributed by atoms with Crippen molar-refractivity contribution >= 4 is 29.9 Å². The lowest BCUT2D eigenvalue weighted by Crippen LogP contribution is -2.43. The van der Waals surface area contributed by atoms with E-state index in [2.05, 4.69) is 84.0 Å². The van der Waals surface area contributed by atoms with Gasteiger partial charge < -0.3 is 14.8 Å². The maximum absolute atomic E-state index is 4.83. The van der Waals surface area contributed by atoms with Crippen LogP contribution in [0, 0.1) is 6.92 Å². The largest absolute Gasteiger partial charge is 0.354 e. The summed E-state index contributed by atoms with van der Waals surface area (Å²) in [5, 5.41) is 11.7. The molecule has 0 saturated carbocycles. The molecule has 0 aliphatic heterocycles. The van der Waals surface area contributed by atoms with Crippen molar-refractivity contribution in [3.63, 3.8) is 0 Å². The molecular weight excluding hydrogens is 451 g/mol. The Morgan fingerprint density at radius 1 is 1.26 bits per heavy atom. The number of hydrogen-bond donors (Lipinski definition) is 1. The molecule has 1 unspecified atom stereocenters. The van der Waals surface area contributed by atoms with E-state index in [0.717, 1.165) is 37.7 Å². The minimum atomic E-state index is 0. The molecule has 0 saturated heterocycles. The lowest BCUT2D eigenvalue weighted by molar-refractivity contribution is 0.458. The molecule has 0 fully saturated rings. The molecule has 1 heterocycles. The van der Waals surface area contributed by atoms with Crippen molar-refractivity contribution in [1.82, 2.24) is 25.0 Å². The number of aliphatic imine (C=N–C) groups is 1. The highest BCUT2D eigenvalue weighted by Gasteiger charge is 2.10. The van der Waals surface area contributed by atoms with E-state index in [9.17, 15) is 0 Å². The monoisotopic (exact) mass is 484 g/mol. The zero-order valence-electron chi connectivity index (χ0n) is 17.1. The van der Waals surface area contributed by atoms with E-state index in [1.807, 2.05) is 0 Å². The maximum atomic E-state index is 4.83. The average Bonchev–Trinajstić information content (AvgIpc) is 3.10. The highest BCUT2D eigenvalue weighted by atomic mass is 127. The van der Waals surface area contributed by atoms with Gasteiger partial charge in [-0.2, -0.15) is 0 Å². The third kappa shape index (κ3) is 7.48. The maximum Gasteiger partial charge on any atom is 0.194 e. The fourth-order valence-corrected chi connectivity index (χ4v) is 2.64. The van der Waals surface area contributed by atoms with E-state index in [1.54, 1.807) is 6.33 Å². The number of aromatic nitrogens is 3. The highest BCUT2D eigenvalue weighted by molar-refractivity contribution is 14.0. The summed E-state index contributed by atoms with van der Waals surface area (Å²) in [4.78, 5) is 7.01. The summed E-state index contributed by atoms with van der Waals surface area (Å²) in [7, 11) is 2.09. The fourth-order valence-electron chi connectivity index (χ4n) is 2.64. The van der Waals surface area contributed by atoms with Crippen LogP contribution in [0.5, 0.6) is 0 Å². The van der Waals surface area contributed by atoms with Crippen LogP contribution in [-0.4, -0.2) is 45.3 Å². The second kappa shape index (κ2) is 11.9. The lowest BCUT2D eigenvalue weighted by atomic mass is 10.1. The van der Waals surface area contributed by atoms with Crippen LogP contribution in [0.2, 0.25) is 0 Å². The summed E-state index contributed by atoms with van der Waals surface area (Å²) in [6, 6.07) is 9.05. The van der Waals surface area contributed by atoms with Crippen molar-refractivity contribution in [2.24, 2.45) is 4.99 Å². The number of benzene rings is 1. The van der Waals surface area contributed by atoms with Crippen molar-refractivity contribution in [1.29, 1.82) is 0 Å². The molecule has 2 aromatic rings. The first-order valence-corrected chi connectivity index (χ1v) is 9.47. The smallest absolute Gasteiger partial charge is 0.194 e. The topological polar surface area (TPSA) is 58.3 Å². The molecule has 150 valence electrons. The van der Waals surface area contributed by atoms with E-state index in [-0.39, 0.29) is 24.0 Å². The molecule has 2 rings (SSSR count). The molecule has 0 radical (unpaired) electrons. The molecular formula is C20H33IN6. The first-order chi connectivity index (χ1) is 12.5. The second-order valence-electron chi connectivity index (χ2n) is 6.79. The number of guanidine groups is 1. The average molecular weight is 484 g/mol. The normalized spacial score (nSPS) is 12.4. The van der Waals surface area contributed by atoms with Gasteiger partial charge in [-0.3, -0.25) is 4.99 Å². The number of halogens is 1. The van der Waals surface area contributed by atoms with Crippen LogP contribution >= 0.6 is 24.0 Å². The van der Waals surface area contributed by atoms with Gasteiger partial charge in [-0.05, 0) is 25.8 Å². The van der Waals surface area contributed by atoms with Gasteiger partial charge in [-0.25, -0.2) is 0 Å². The van der Waals surface area contributed by atoms with E-state index in [0.29, 0.717) is 12.6 Å². The molecule has 0 spiro atoms. The van der Waals surface area contributed by atoms with Gasteiger partial charge in [0.25, 0.3) is 0 Å².